The second-order valence-electron chi connectivity index (χ2n) is 5.41. The van der Waals surface area contributed by atoms with Gasteiger partial charge in [0, 0.05) is 25.9 Å². The van der Waals surface area contributed by atoms with Crippen LogP contribution in [0.25, 0.3) is 5.65 Å². The largest absolute Gasteiger partial charge is 0.447 e. The van der Waals surface area contributed by atoms with Crippen molar-refractivity contribution in [3.8, 4) is 0 Å². The molecule has 2 aromatic heterocycles. The molecule has 1 amide bonds. The minimum absolute atomic E-state index is 0.0222. The van der Waals surface area contributed by atoms with Gasteiger partial charge in [0.05, 0.1) is 0 Å². The number of carbonyl (C=O) groups excluding carboxylic acids is 2. The summed E-state index contributed by atoms with van der Waals surface area (Å²) in [6.45, 7) is 0. The molecular weight excluding hydrogens is 325 g/mol. The van der Waals surface area contributed by atoms with Crippen LogP contribution in [0.5, 0.6) is 0 Å². The number of imidazole rings is 1. The number of rotatable bonds is 5. The van der Waals surface area contributed by atoms with Gasteiger partial charge in [0.2, 0.25) is 0 Å². The highest BCUT2D eigenvalue weighted by Gasteiger charge is 2.25. The number of halogens is 1. The summed E-state index contributed by atoms with van der Waals surface area (Å²) in [7, 11) is 1.47. The zero-order valence-corrected chi connectivity index (χ0v) is 13.5. The van der Waals surface area contributed by atoms with E-state index in [0.29, 0.717) is 0 Å². The Kier molecular flexibility index (Phi) is 4.74. The van der Waals surface area contributed by atoms with Gasteiger partial charge >= 0.3 is 5.97 Å². The molecule has 1 atom stereocenters. The smallest absolute Gasteiger partial charge is 0.359 e. The van der Waals surface area contributed by atoms with Crippen LogP contribution in [0.2, 0.25) is 0 Å². The molecule has 1 unspecified atom stereocenters. The first-order chi connectivity index (χ1) is 12.1. The lowest BCUT2D eigenvalue weighted by atomic mass is 10.1. The van der Waals surface area contributed by atoms with Crippen molar-refractivity contribution in [3.05, 3.63) is 71.9 Å². The van der Waals surface area contributed by atoms with Crippen LogP contribution >= 0.6 is 0 Å². The van der Waals surface area contributed by atoms with Gasteiger partial charge in [-0.15, -0.1) is 0 Å². The van der Waals surface area contributed by atoms with E-state index in [-0.39, 0.29) is 17.8 Å². The van der Waals surface area contributed by atoms with Gasteiger partial charge in [0.1, 0.15) is 0 Å². The van der Waals surface area contributed by atoms with Gasteiger partial charge in [-0.25, -0.2) is 14.2 Å². The van der Waals surface area contributed by atoms with Gasteiger partial charge in [-0.05, 0) is 17.7 Å². The first-order valence-corrected chi connectivity index (χ1v) is 7.68. The van der Waals surface area contributed by atoms with Crippen molar-refractivity contribution in [1.82, 2.24) is 14.7 Å². The van der Waals surface area contributed by atoms with Crippen molar-refractivity contribution < 1.29 is 18.7 Å². The predicted molar refractivity (Wildman–Crippen MR) is 88.6 cm³/mol. The second-order valence-corrected chi connectivity index (χ2v) is 5.41. The Morgan fingerprint density at radius 2 is 2.00 bits per heavy atom. The number of esters is 1. The monoisotopic (exact) mass is 341 g/mol. The van der Waals surface area contributed by atoms with Crippen molar-refractivity contribution >= 4 is 17.5 Å². The first kappa shape index (κ1) is 16.6. The number of amides is 1. The molecule has 3 aromatic rings. The third-order valence-corrected chi connectivity index (χ3v) is 3.70. The lowest BCUT2D eigenvalue weighted by Gasteiger charge is -2.15. The van der Waals surface area contributed by atoms with E-state index in [0.717, 1.165) is 5.56 Å². The van der Waals surface area contributed by atoms with Gasteiger partial charge in [0.15, 0.2) is 23.3 Å². The molecule has 3 rings (SSSR count). The number of nitrogens with one attached hydrogen (secondary N) is 1. The highest BCUT2D eigenvalue weighted by molar-refractivity contribution is 5.91. The fourth-order valence-corrected chi connectivity index (χ4v) is 2.44. The van der Waals surface area contributed by atoms with E-state index in [1.54, 1.807) is 6.20 Å². The molecular formula is C18H16FN3O3. The van der Waals surface area contributed by atoms with E-state index in [9.17, 15) is 14.0 Å². The zero-order chi connectivity index (χ0) is 17.8. The SMILES string of the molecule is CNC(=O)C(Cc1ccccc1)OC(=O)c1cn2cccc(F)c2n1. The van der Waals surface area contributed by atoms with Crippen molar-refractivity contribution in [2.45, 2.75) is 12.5 Å². The third-order valence-electron chi connectivity index (χ3n) is 3.70. The third kappa shape index (κ3) is 3.65. The summed E-state index contributed by atoms with van der Waals surface area (Å²) in [6.07, 6.45) is 2.16. The second kappa shape index (κ2) is 7.12. The molecule has 1 N–H and O–H groups in total. The molecule has 0 bridgehead atoms. The van der Waals surface area contributed by atoms with Crippen LogP contribution in [-0.4, -0.2) is 34.4 Å². The molecule has 0 saturated carbocycles. The lowest BCUT2D eigenvalue weighted by Crippen LogP contribution is -2.37. The average molecular weight is 341 g/mol. The molecule has 0 aliphatic carbocycles. The van der Waals surface area contributed by atoms with Crippen molar-refractivity contribution in [2.75, 3.05) is 7.05 Å². The molecule has 7 heteroatoms. The molecule has 0 radical (unpaired) electrons. The summed E-state index contributed by atoms with van der Waals surface area (Å²) in [5, 5.41) is 2.48. The Morgan fingerprint density at radius 3 is 2.68 bits per heavy atom. The lowest BCUT2D eigenvalue weighted by molar-refractivity contribution is -0.129. The van der Waals surface area contributed by atoms with E-state index in [1.165, 1.54) is 29.8 Å². The van der Waals surface area contributed by atoms with Crippen LogP contribution < -0.4 is 5.32 Å². The van der Waals surface area contributed by atoms with E-state index in [2.05, 4.69) is 10.3 Å². The van der Waals surface area contributed by atoms with Gasteiger partial charge in [-0.2, -0.15) is 0 Å². The Balaban J connectivity index is 1.81. The van der Waals surface area contributed by atoms with Gasteiger partial charge < -0.3 is 14.5 Å². The topological polar surface area (TPSA) is 72.7 Å². The summed E-state index contributed by atoms with van der Waals surface area (Å²) in [5.74, 6) is -1.76. The maximum atomic E-state index is 13.7. The summed E-state index contributed by atoms with van der Waals surface area (Å²) >= 11 is 0. The standard InChI is InChI=1S/C18H16FN3O3/c1-20-17(23)15(10-12-6-3-2-4-7-12)25-18(24)14-11-22-9-5-8-13(19)16(22)21-14/h2-9,11,15H,10H2,1H3,(H,20,23). The fraction of sp³-hybridized carbons (Fsp3) is 0.167. The minimum atomic E-state index is -1.01. The highest BCUT2D eigenvalue weighted by atomic mass is 19.1. The molecule has 0 saturated heterocycles. The number of benzene rings is 1. The molecule has 0 spiro atoms. The molecule has 1 aromatic carbocycles. The number of likely N-dealkylation sites (N-methyl/N-ethyl adjacent to an activating group) is 1. The number of hydrogen-bond acceptors (Lipinski definition) is 4. The zero-order valence-electron chi connectivity index (χ0n) is 13.5. The van der Waals surface area contributed by atoms with Crippen LogP contribution in [0.15, 0.2) is 54.9 Å². The number of ether oxygens (including phenoxy) is 1. The molecule has 0 aliphatic rings. The van der Waals surface area contributed by atoms with Crippen LogP contribution in [-0.2, 0) is 16.0 Å². The highest BCUT2D eigenvalue weighted by Crippen LogP contribution is 2.13. The number of carbonyl (C=O) groups is 2. The average Bonchev–Trinajstić information content (AvgIpc) is 3.07. The van der Waals surface area contributed by atoms with Gasteiger partial charge in [-0.1, -0.05) is 30.3 Å². The molecule has 6 nitrogen and oxygen atoms in total. The van der Waals surface area contributed by atoms with Gasteiger partial charge in [0.25, 0.3) is 5.91 Å². The normalized spacial score (nSPS) is 11.9. The van der Waals surface area contributed by atoms with E-state index < -0.39 is 23.8 Å². The quantitative estimate of drug-likeness (QED) is 0.721. The molecule has 0 aliphatic heterocycles. The number of hydrogen-bond donors (Lipinski definition) is 1. The maximum absolute atomic E-state index is 13.7. The van der Waals surface area contributed by atoms with E-state index in [4.69, 9.17) is 4.74 Å². The predicted octanol–water partition coefficient (Wildman–Crippen LogP) is 1.99. The number of aromatic nitrogens is 2. The van der Waals surface area contributed by atoms with Crippen LogP contribution in [0.1, 0.15) is 16.1 Å². The van der Waals surface area contributed by atoms with Crippen molar-refractivity contribution in [2.24, 2.45) is 0 Å². The molecule has 25 heavy (non-hydrogen) atoms. The summed E-state index contributed by atoms with van der Waals surface area (Å²) in [6, 6.07) is 12.0. The number of nitrogens with zero attached hydrogens (tertiary/aromatic N) is 2. The van der Waals surface area contributed by atoms with Crippen LogP contribution in [0.4, 0.5) is 4.39 Å². The summed E-state index contributed by atoms with van der Waals surface area (Å²) < 4.78 is 20.4. The van der Waals surface area contributed by atoms with E-state index >= 15 is 0 Å². The molecule has 128 valence electrons. The Morgan fingerprint density at radius 1 is 1.24 bits per heavy atom. The molecule has 2 heterocycles. The Labute approximate surface area is 143 Å². The Hall–Kier alpha value is -3.22. The Bertz CT molecular complexity index is 908. The van der Waals surface area contributed by atoms with Crippen LogP contribution in [0, 0.1) is 5.82 Å². The minimum Gasteiger partial charge on any atom is -0.447 e. The first-order valence-electron chi connectivity index (χ1n) is 7.68. The maximum Gasteiger partial charge on any atom is 0.359 e. The van der Waals surface area contributed by atoms with E-state index in [1.807, 2.05) is 30.3 Å². The molecule has 0 fully saturated rings. The number of pyridine rings is 1. The summed E-state index contributed by atoms with van der Waals surface area (Å²) in [5.41, 5.74) is 0.811. The number of fused-ring (bicyclic) bond motifs is 1. The summed E-state index contributed by atoms with van der Waals surface area (Å²) in [4.78, 5) is 28.3. The van der Waals surface area contributed by atoms with Crippen molar-refractivity contribution in [1.29, 1.82) is 0 Å². The van der Waals surface area contributed by atoms with Crippen molar-refractivity contribution in [3.63, 3.8) is 0 Å². The van der Waals surface area contributed by atoms with Crippen LogP contribution in [0.3, 0.4) is 0 Å². The fourth-order valence-electron chi connectivity index (χ4n) is 2.44. The van der Waals surface area contributed by atoms with Gasteiger partial charge in [-0.3, -0.25) is 4.79 Å².